The van der Waals surface area contributed by atoms with Gasteiger partial charge in [0.15, 0.2) is 15.9 Å². The largest absolute Gasteiger partial charge is 0.455 e. The Hall–Kier alpha value is -2.63. The second-order valence-corrected chi connectivity index (χ2v) is 10.4. The number of benzene rings is 3. The van der Waals surface area contributed by atoms with Crippen LogP contribution >= 0.6 is 11.6 Å². The van der Waals surface area contributed by atoms with Crippen molar-refractivity contribution < 1.29 is 17.9 Å². The molecule has 5 rings (SSSR count). The van der Waals surface area contributed by atoms with E-state index in [1.54, 1.807) is 30.3 Å². The van der Waals surface area contributed by atoms with Crippen LogP contribution in [-0.2, 0) is 24.2 Å². The van der Waals surface area contributed by atoms with Gasteiger partial charge in [0.05, 0.1) is 4.90 Å². The molecule has 2 aliphatic rings. The molecule has 4 unspecified atom stereocenters. The molecule has 0 radical (unpaired) electrons. The average Bonchev–Trinajstić information content (AvgIpc) is 2.99. The lowest BCUT2D eigenvalue weighted by Crippen LogP contribution is -2.48. The van der Waals surface area contributed by atoms with E-state index in [9.17, 15) is 13.2 Å². The van der Waals surface area contributed by atoms with Crippen LogP contribution in [0, 0.1) is 0 Å². The fourth-order valence-corrected chi connectivity index (χ4v) is 8.03. The Bertz CT molecular complexity index is 1250. The first-order valence-corrected chi connectivity index (χ1v) is 11.6. The van der Waals surface area contributed by atoms with Crippen molar-refractivity contribution in [2.24, 2.45) is 0 Å². The first-order valence-electron chi connectivity index (χ1n) is 9.70. The molecule has 6 heteroatoms. The number of alkyl halides is 1. The van der Waals surface area contributed by atoms with Gasteiger partial charge in [-0.3, -0.25) is 4.79 Å². The minimum absolute atomic E-state index is 0.207. The fourth-order valence-electron chi connectivity index (χ4n) is 5.03. The van der Waals surface area contributed by atoms with E-state index in [2.05, 4.69) is 0 Å². The van der Waals surface area contributed by atoms with Gasteiger partial charge in [0.1, 0.15) is 10.1 Å². The summed E-state index contributed by atoms with van der Waals surface area (Å²) in [6.07, 6.45) is -0.920. The maximum atomic E-state index is 13.9. The molecule has 0 fully saturated rings. The number of halogens is 1. The van der Waals surface area contributed by atoms with Crippen LogP contribution in [0.5, 0.6) is 0 Å². The summed E-state index contributed by atoms with van der Waals surface area (Å²) < 4.78 is 33.6. The Labute approximate surface area is 180 Å². The third kappa shape index (κ3) is 2.52. The number of carbonyl (C=O) groups excluding carboxylic acids is 1. The molecule has 3 aromatic rings. The Balaban J connectivity index is 1.85. The van der Waals surface area contributed by atoms with Crippen molar-refractivity contribution in [2.75, 3.05) is 0 Å². The highest BCUT2D eigenvalue weighted by atomic mass is 35.5. The number of fused-ring (bicyclic) bond motifs is 7. The van der Waals surface area contributed by atoms with Gasteiger partial charge >= 0.3 is 5.97 Å². The second-order valence-electron chi connectivity index (χ2n) is 7.73. The Kier molecular flexibility index (Phi) is 4.31. The smallest absolute Gasteiger partial charge is 0.303 e. The number of esters is 1. The minimum atomic E-state index is -3.86. The lowest BCUT2D eigenvalue weighted by atomic mass is 9.78. The van der Waals surface area contributed by atoms with Crippen molar-refractivity contribution in [1.29, 1.82) is 0 Å². The summed E-state index contributed by atoms with van der Waals surface area (Å²) in [5, 5.41) is -1.01. The standard InChI is InChI=1S/C24H19ClO4S/c1-15(26)29-22-18-12-6-5-11-17(18)21-19-13-7-8-14-20(19)24(22,25)23(21)30(27,28)16-9-3-2-4-10-16/h2-14,21-23H,1H3. The van der Waals surface area contributed by atoms with Crippen molar-refractivity contribution in [3.8, 4) is 0 Å². The molecule has 0 N–H and O–H groups in total. The van der Waals surface area contributed by atoms with Gasteiger partial charge in [-0.05, 0) is 34.4 Å². The van der Waals surface area contributed by atoms with E-state index in [1.165, 1.54) is 6.92 Å². The predicted molar refractivity (Wildman–Crippen MR) is 114 cm³/mol. The molecule has 30 heavy (non-hydrogen) atoms. The van der Waals surface area contributed by atoms with Crippen LogP contribution in [0.15, 0.2) is 83.8 Å². The van der Waals surface area contributed by atoms with Gasteiger partial charge in [-0.15, -0.1) is 11.6 Å². The highest BCUT2D eigenvalue weighted by Gasteiger charge is 2.66. The number of hydrogen-bond donors (Lipinski definition) is 0. The summed E-state index contributed by atoms with van der Waals surface area (Å²) >= 11 is 7.31. The van der Waals surface area contributed by atoms with E-state index >= 15 is 0 Å². The fraction of sp³-hybridized carbons (Fsp3) is 0.208. The minimum Gasteiger partial charge on any atom is -0.455 e. The van der Waals surface area contributed by atoms with Crippen molar-refractivity contribution in [3.05, 3.63) is 101 Å². The third-order valence-corrected chi connectivity index (χ3v) is 9.12. The van der Waals surface area contributed by atoms with Crippen molar-refractivity contribution in [1.82, 2.24) is 0 Å². The molecule has 4 nitrogen and oxygen atoms in total. The van der Waals surface area contributed by atoms with E-state index in [-0.39, 0.29) is 4.90 Å². The Morgan fingerprint density at radius 3 is 2.10 bits per heavy atom. The number of carbonyl (C=O) groups is 1. The molecule has 0 heterocycles. The van der Waals surface area contributed by atoms with E-state index < -0.39 is 38.0 Å². The van der Waals surface area contributed by atoms with E-state index in [0.717, 1.165) is 16.7 Å². The van der Waals surface area contributed by atoms with Crippen LogP contribution in [0.1, 0.15) is 41.2 Å². The molecule has 152 valence electrons. The summed E-state index contributed by atoms with van der Waals surface area (Å²) in [5.74, 6) is -0.958. The lowest BCUT2D eigenvalue weighted by Gasteiger charge is -2.43. The van der Waals surface area contributed by atoms with Crippen LogP contribution in [0.25, 0.3) is 0 Å². The lowest BCUT2D eigenvalue weighted by molar-refractivity contribution is -0.149. The molecule has 2 bridgehead atoms. The van der Waals surface area contributed by atoms with Crippen LogP contribution < -0.4 is 0 Å². The maximum absolute atomic E-state index is 13.9. The quantitative estimate of drug-likeness (QED) is 0.438. The molecular weight excluding hydrogens is 420 g/mol. The molecule has 0 amide bonds. The summed E-state index contributed by atoms with van der Waals surface area (Å²) in [7, 11) is -3.86. The molecule has 0 saturated heterocycles. The molecule has 4 atom stereocenters. The summed E-state index contributed by atoms with van der Waals surface area (Å²) in [6, 6.07) is 23.3. The zero-order chi connectivity index (χ0) is 21.1. The zero-order valence-electron chi connectivity index (χ0n) is 16.2. The molecule has 0 aromatic heterocycles. The Morgan fingerprint density at radius 2 is 1.43 bits per heavy atom. The van der Waals surface area contributed by atoms with E-state index in [4.69, 9.17) is 16.3 Å². The van der Waals surface area contributed by atoms with Crippen molar-refractivity contribution >= 4 is 27.4 Å². The summed E-state index contributed by atoms with van der Waals surface area (Å²) in [4.78, 5) is 10.8. The molecule has 0 saturated carbocycles. The highest BCUT2D eigenvalue weighted by molar-refractivity contribution is 7.92. The summed E-state index contributed by atoms with van der Waals surface area (Å²) in [5.41, 5.74) is 3.14. The van der Waals surface area contributed by atoms with Crippen molar-refractivity contribution in [2.45, 2.75) is 34.0 Å². The van der Waals surface area contributed by atoms with Gasteiger partial charge in [-0.2, -0.15) is 0 Å². The van der Waals surface area contributed by atoms with E-state index in [1.807, 2.05) is 48.5 Å². The molecule has 3 aromatic carbocycles. The number of ether oxygens (including phenoxy) is 1. The second kappa shape index (κ2) is 6.69. The number of sulfone groups is 1. The van der Waals surface area contributed by atoms with Gasteiger partial charge in [0.2, 0.25) is 0 Å². The SMILES string of the molecule is CC(=O)OC1c2ccccc2C2c3ccccc3C1(Cl)C2S(=O)(=O)c1ccccc1. The van der Waals surface area contributed by atoms with E-state index in [0.29, 0.717) is 5.56 Å². The van der Waals surface area contributed by atoms with Gasteiger partial charge in [-0.1, -0.05) is 66.7 Å². The van der Waals surface area contributed by atoms with Crippen LogP contribution in [0.2, 0.25) is 0 Å². The van der Waals surface area contributed by atoms with Gasteiger partial charge in [-0.25, -0.2) is 8.42 Å². The van der Waals surface area contributed by atoms with Crippen LogP contribution in [-0.4, -0.2) is 19.6 Å². The first kappa shape index (κ1) is 19.3. The van der Waals surface area contributed by atoms with Crippen LogP contribution in [0.4, 0.5) is 0 Å². The van der Waals surface area contributed by atoms with Gasteiger partial charge in [0.25, 0.3) is 0 Å². The topological polar surface area (TPSA) is 60.4 Å². The number of rotatable bonds is 3. The monoisotopic (exact) mass is 438 g/mol. The molecule has 0 aliphatic heterocycles. The van der Waals surface area contributed by atoms with Crippen molar-refractivity contribution in [3.63, 3.8) is 0 Å². The van der Waals surface area contributed by atoms with Gasteiger partial charge in [0, 0.05) is 12.8 Å². The number of hydrogen-bond acceptors (Lipinski definition) is 4. The average molecular weight is 439 g/mol. The predicted octanol–water partition coefficient (Wildman–Crippen LogP) is 4.73. The third-order valence-electron chi connectivity index (χ3n) is 6.11. The molecule has 2 aliphatic carbocycles. The van der Waals surface area contributed by atoms with Gasteiger partial charge < -0.3 is 4.74 Å². The highest BCUT2D eigenvalue weighted by Crippen LogP contribution is 2.65. The molecular formula is C24H19ClO4S. The Morgan fingerprint density at radius 1 is 0.867 bits per heavy atom. The summed E-state index contributed by atoms with van der Waals surface area (Å²) in [6.45, 7) is 1.32. The zero-order valence-corrected chi connectivity index (χ0v) is 17.7. The molecule has 0 spiro atoms. The first-order chi connectivity index (χ1) is 14.4. The maximum Gasteiger partial charge on any atom is 0.303 e. The normalized spacial score (nSPS) is 26.5. The van der Waals surface area contributed by atoms with Crippen LogP contribution in [0.3, 0.4) is 0 Å².